The van der Waals surface area contributed by atoms with Crippen LogP contribution >= 0.6 is 0 Å². The predicted molar refractivity (Wildman–Crippen MR) is 94.9 cm³/mol. The molecule has 0 aromatic heterocycles. The van der Waals surface area contributed by atoms with E-state index in [9.17, 15) is 15.0 Å². The number of hydrogen-bond donors (Lipinski definition) is 3. The molecule has 4 rings (SSSR count). The van der Waals surface area contributed by atoms with Crippen molar-refractivity contribution in [1.29, 1.82) is 0 Å². The molecule has 4 aliphatic rings. The highest BCUT2D eigenvalue weighted by Gasteiger charge is 2.59. The van der Waals surface area contributed by atoms with Crippen molar-refractivity contribution in [2.24, 2.45) is 28.6 Å². The van der Waals surface area contributed by atoms with E-state index in [4.69, 9.17) is 5.11 Å². The summed E-state index contributed by atoms with van der Waals surface area (Å²) in [5.41, 5.74) is 0.409. The lowest BCUT2D eigenvalue weighted by Crippen LogP contribution is -2.52. The molecule has 7 atom stereocenters. The molecule has 3 saturated carbocycles. The predicted octanol–water partition coefficient (Wildman–Crippen LogP) is 3.52. The molecule has 0 aromatic carbocycles. The van der Waals surface area contributed by atoms with Gasteiger partial charge in [-0.05, 0) is 80.0 Å². The van der Waals surface area contributed by atoms with E-state index in [-0.39, 0.29) is 23.4 Å². The Hall–Kier alpha value is -0.870. The Bertz CT molecular complexity index is 613. The number of aliphatic hydroxyl groups is 2. The SMILES string of the molecule is C[C@]12CC[C@H]3[C@@H](CC=C4C[C@](O)(CC(=O)O)CC[C@@]43C)[C@@H]1CC[C@@H]2O. The van der Waals surface area contributed by atoms with Gasteiger partial charge in [0.2, 0.25) is 0 Å². The van der Waals surface area contributed by atoms with Crippen molar-refractivity contribution in [1.82, 2.24) is 0 Å². The van der Waals surface area contributed by atoms with Gasteiger partial charge in [0, 0.05) is 0 Å². The van der Waals surface area contributed by atoms with E-state index in [0.29, 0.717) is 30.6 Å². The molecule has 0 radical (unpaired) electrons. The van der Waals surface area contributed by atoms with Crippen LogP contribution in [-0.4, -0.2) is 33.0 Å². The third-order valence-corrected chi connectivity index (χ3v) is 8.68. The summed E-state index contributed by atoms with van der Waals surface area (Å²) in [4.78, 5) is 11.1. The van der Waals surface area contributed by atoms with Gasteiger partial charge in [0.1, 0.15) is 0 Å². The lowest BCUT2D eigenvalue weighted by atomic mass is 9.47. The number of aliphatic hydroxyl groups excluding tert-OH is 1. The molecule has 0 aliphatic heterocycles. The first kappa shape index (κ1) is 17.5. The maximum atomic E-state index is 11.1. The molecule has 4 aliphatic carbocycles. The van der Waals surface area contributed by atoms with Gasteiger partial charge in [0.15, 0.2) is 0 Å². The summed E-state index contributed by atoms with van der Waals surface area (Å²) in [6.07, 6.45) is 9.37. The van der Waals surface area contributed by atoms with E-state index in [2.05, 4.69) is 19.9 Å². The topological polar surface area (TPSA) is 77.8 Å². The van der Waals surface area contributed by atoms with Crippen molar-refractivity contribution < 1.29 is 20.1 Å². The number of carboxylic acid groups (broad SMARTS) is 1. The van der Waals surface area contributed by atoms with Crippen LogP contribution in [0.1, 0.15) is 71.6 Å². The first-order valence-corrected chi connectivity index (χ1v) is 10.00. The zero-order valence-electron chi connectivity index (χ0n) is 15.5. The second-order valence-corrected chi connectivity index (χ2v) is 9.87. The first-order chi connectivity index (χ1) is 11.7. The van der Waals surface area contributed by atoms with Crippen LogP contribution in [0.5, 0.6) is 0 Å². The van der Waals surface area contributed by atoms with Gasteiger partial charge in [-0.25, -0.2) is 0 Å². The van der Waals surface area contributed by atoms with Crippen LogP contribution in [0.4, 0.5) is 0 Å². The zero-order valence-corrected chi connectivity index (χ0v) is 15.5. The highest BCUT2D eigenvalue weighted by Crippen LogP contribution is 2.65. The summed E-state index contributed by atoms with van der Waals surface area (Å²) in [7, 11) is 0. The number of fused-ring (bicyclic) bond motifs is 5. The molecular formula is C21H32O4. The van der Waals surface area contributed by atoms with Gasteiger partial charge < -0.3 is 15.3 Å². The van der Waals surface area contributed by atoms with E-state index >= 15 is 0 Å². The third kappa shape index (κ3) is 2.51. The normalized spacial score (nSPS) is 51.9. The molecule has 0 aromatic rings. The Balaban J connectivity index is 1.61. The molecule has 0 saturated heterocycles. The number of carbonyl (C=O) groups is 1. The molecule has 140 valence electrons. The van der Waals surface area contributed by atoms with Gasteiger partial charge in [-0.15, -0.1) is 0 Å². The summed E-state index contributed by atoms with van der Waals surface area (Å²) in [5.74, 6) is 0.949. The largest absolute Gasteiger partial charge is 0.481 e. The lowest BCUT2D eigenvalue weighted by molar-refractivity contribution is -0.145. The molecule has 0 unspecified atom stereocenters. The smallest absolute Gasteiger partial charge is 0.306 e. The van der Waals surface area contributed by atoms with Crippen LogP contribution < -0.4 is 0 Å². The van der Waals surface area contributed by atoms with Gasteiger partial charge >= 0.3 is 5.97 Å². The number of rotatable bonds is 2. The van der Waals surface area contributed by atoms with Crippen LogP contribution in [0.15, 0.2) is 11.6 Å². The Morgan fingerprint density at radius 3 is 2.64 bits per heavy atom. The van der Waals surface area contributed by atoms with Crippen molar-refractivity contribution in [3.05, 3.63) is 11.6 Å². The number of allylic oxidation sites excluding steroid dienone is 1. The fourth-order valence-electron chi connectivity index (χ4n) is 7.12. The molecule has 25 heavy (non-hydrogen) atoms. The van der Waals surface area contributed by atoms with Crippen molar-refractivity contribution >= 4 is 5.97 Å². The Kier molecular flexibility index (Phi) is 3.90. The molecule has 4 heteroatoms. The van der Waals surface area contributed by atoms with Gasteiger partial charge in [0.25, 0.3) is 0 Å². The lowest BCUT2D eigenvalue weighted by Gasteiger charge is -2.58. The maximum Gasteiger partial charge on any atom is 0.306 e. The Labute approximate surface area is 150 Å². The van der Waals surface area contributed by atoms with Crippen LogP contribution in [-0.2, 0) is 4.79 Å². The maximum absolute atomic E-state index is 11.1. The summed E-state index contributed by atoms with van der Waals surface area (Å²) in [6.45, 7) is 4.64. The molecule has 3 N–H and O–H groups in total. The average molecular weight is 348 g/mol. The minimum absolute atomic E-state index is 0.0849. The monoisotopic (exact) mass is 348 g/mol. The second-order valence-electron chi connectivity index (χ2n) is 9.87. The van der Waals surface area contributed by atoms with E-state index in [1.807, 2.05) is 0 Å². The van der Waals surface area contributed by atoms with Gasteiger partial charge in [0.05, 0.1) is 18.1 Å². The average Bonchev–Trinajstić information content (AvgIpc) is 2.83. The van der Waals surface area contributed by atoms with Crippen molar-refractivity contribution in [3.8, 4) is 0 Å². The van der Waals surface area contributed by atoms with Crippen molar-refractivity contribution in [2.45, 2.75) is 83.3 Å². The first-order valence-electron chi connectivity index (χ1n) is 10.00. The van der Waals surface area contributed by atoms with Crippen molar-refractivity contribution in [2.75, 3.05) is 0 Å². The van der Waals surface area contributed by atoms with Crippen LogP contribution in [0.3, 0.4) is 0 Å². The quantitative estimate of drug-likeness (QED) is 0.667. The van der Waals surface area contributed by atoms with Crippen LogP contribution in [0.25, 0.3) is 0 Å². The molecule has 0 bridgehead atoms. The summed E-state index contributed by atoms with van der Waals surface area (Å²) >= 11 is 0. The van der Waals surface area contributed by atoms with E-state index in [1.165, 1.54) is 5.57 Å². The minimum Gasteiger partial charge on any atom is -0.481 e. The summed E-state index contributed by atoms with van der Waals surface area (Å²) in [5, 5.41) is 30.4. The standard InChI is InChI=1S/C21H32O4/c1-19-9-10-21(25,12-18(23)24)11-13(19)3-4-14-15-5-6-17(22)20(15,2)8-7-16(14)19/h3,14-17,22,25H,4-12H2,1-2H3,(H,23,24)/t14-,15-,16-,17-,19-,20-,21-/m0/s1. The van der Waals surface area contributed by atoms with Crippen LogP contribution in [0.2, 0.25) is 0 Å². The summed E-state index contributed by atoms with van der Waals surface area (Å²) in [6, 6.07) is 0. The molecule has 0 amide bonds. The number of carboxylic acids is 1. The fourth-order valence-corrected chi connectivity index (χ4v) is 7.12. The van der Waals surface area contributed by atoms with Crippen LogP contribution in [0, 0.1) is 28.6 Å². The Morgan fingerprint density at radius 2 is 1.92 bits per heavy atom. The van der Waals surface area contributed by atoms with Gasteiger partial charge in [-0.1, -0.05) is 25.5 Å². The highest BCUT2D eigenvalue weighted by molar-refractivity contribution is 5.68. The molecule has 3 fully saturated rings. The third-order valence-electron chi connectivity index (χ3n) is 8.68. The van der Waals surface area contributed by atoms with E-state index < -0.39 is 11.6 Å². The number of aliphatic carboxylic acids is 1. The minimum atomic E-state index is -1.07. The fraction of sp³-hybridized carbons (Fsp3) is 0.857. The molecular weight excluding hydrogens is 316 g/mol. The van der Waals surface area contributed by atoms with Crippen molar-refractivity contribution in [3.63, 3.8) is 0 Å². The highest BCUT2D eigenvalue weighted by atomic mass is 16.4. The van der Waals surface area contributed by atoms with E-state index in [1.54, 1.807) is 0 Å². The molecule has 0 spiro atoms. The van der Waals surface area contributed by atoms with E-state index in [0.717, 1.165) is 38.5 Å². The second kappa shape index (κ2) is 5.56. The Morgan fingerprint density at radius 1 is 1.16 bits per heavy atom. The van der Waals surface area contributed by atoms with Gasteiger partial charge in [-0.2, -0.15) is 0 Å². The zero-order chi connectivity index (χ0) is 18.0. The van der Waals surface area contributed by atoms with Gasteiger partial charge in [-0.3, -0.25) is 4.79 Å². The summed E-state index contributed by atoms with van der Waals surface area (Å²) < 4.78 is 0. The molecule has 4 nitrogen and oxygen atoms in total. The number of hydrogen-bond acceptors (Lipinski definition) is 3. The molecule has 0 heterocycles.